The zero-order valence-electron chi connectivity index (χ0n) is 13.4. The molecule has 0 aliphatic carbocycles. The molecule has 0 atom stereocenters. The van der Waals surface area contributed by atoms with Crippen molar-refractivity contribution >= 4 is 5.91 Å². The van der Waals surface area contributed by atoms with E-state index in [0.717, 1.165) is 17.9 Å². The van der Waals surface area contributed by atoms with Crippen LogP contribution in [-0.2, 0) is 17.8 Å². The molecule has 0 spiro atoms. The number of nitrogens with one attached hydrogen (secondary N) is 2. The van der Waals surface area contributed by atoms with E-state index in [-0.39, 0.29) is 5.91 Å². The fourth-order valence-electron chi connectivity index (χ4n) is 2.15. The molecule has 0 aliphatic rings. The highest BCUT2D eigenvalue weighted by Crippen LogP contribution is 2.11. The second-order valence-electron chi connectivity index (χ2n) is 5.20. The smallest absolute Gasteiger partial charge is 0.221 e. The Labute approximate surface area is 137 Å². The molecule has 0 aliphatic heterocycles. The average molecular weight is 313 g/mol. The van der Waals surface area contributed by atoms with E-state index in [1.54, 1.807) is 13.3 Å². The third-order valence-electron chi connectivity index (χ3n) is 3.46. The maximum Gasteiger partial charge on any atom is 0.221 e. The summed E-state index contributed by atoms with van der Waals surface area (Å²) in [4.78, 5) is 16.0. The third kappa shape index (κ3) is 6.48. The van der Waals surface area contributed by atoms with Crippen molar-refractivity contribution in [2.75, 3.05) is 20.2 Å². The molecule has 1 amide bonds. The summed E-state index contributed by atoms with van der Waals surface area (Å²) < 4.78 is 5.12. The lowest BCUT2D eigenvalue weighted by atomic mass is 10.1. The SMILES string of the molecule is COc1ccc(CCNC(=O)CCNCc2ccccn2)cc1. The Morgan fingerprint density at radius 3 is 2.65 bits per heavy atom. The minimum absolute atomic E-state index is 0.0621. The van der Waals surface area contributed by atoms with E-state index in [2.05, 4.69) is 15.6 Å². The van der Waals surface area contributed by atoms with Crippen LogP contribution in [0.15, 0.2) is 48.7 Å². The Kier molecular flexibility index (Phi) is 7.07. The molecule has 2 N–H and O–H groups in total. The predicted molar refractivity (Wildman–Crippen MR) is 90.3 cm³/mol. The van der Waals surface area contributed by atoms with Crippen molar-refractivity contribution in [3.05, 3.63) is 59.9 Å². The van der Waals surface area contributed by atoms with Crippen LogP contribution in [0.4, 0.5) is 0 Å². The lowest BCUT2D eigenvalue weighted by Gasteiger charge is -2.07. The van der Waals surface area contributed by atoms with E-state index >= 15 is 0 Å². The second-order valence-corrected chi connectivity index (χ2v) is 5.20. The Morgan fingerprint density at radius 1 is 1.13 bits per heavy atom. The molecule has 1 aromatic carbocycles. The van der Waals surface area contributed by atoms with Crippen molar-refractivity contribution in [3.8, 4) is 5.75 Å². The van der Waals surface area contributed by atoms with Crippen LogP contribution in [0.1, 0.15) is 17.7 Å². The molecule has 0 saturated heterocycles. The van der Waals surface area contributed by atoms with E-state index in [4.69, 9.17) is 4.74 Å². The summed E-state index contributed by atoms with van der Waals surface area (Å²) in [5.41, 5.74) is 2.16. The van der Waals surface area contributed by atoms with E-state index in [0.29, 0.717) is 26.1 Å². The molecule has 5 nitrogen and oxygen atoms in total. The minimum atomic E-state index is 0.0621. The maximum absolute atomic E-state index is 11.8. The number of carbonyl (C=O) groups is 1. The molecule has 122 valence electrons. The van der Waals surface area contributed by atoms with Crippen LogP contribution < -0.4 is 15.4 Å². The number of carbonyl (C=O) groups excluding carboxylic acids is 1. The quantitative estimate of drug-likeness (QED) is 0.694. The van der Waals surface area contributed by atoms with E-state index in [1.807, 2.05) is 42.5 Å². The highest BCUT2D eigenvalue weighted by atomic mass is 16.5. The van der Waals surface area contributed by atoms with Gasteiger partial charge in [0, 0.05) is 32.3 Å². The number of benzene rings is 1. The number of methoxy groups -OCH3 is 1. The first-order valence-corrected chi connectivity index (χ1v) is 7.78. The van der Waals surface area contributed by atoms with Gasteiger partial charge in [-0.3, -0.25) is 9.78 Å². The highest BCUT2D eigenvalue weighted by Gasteiger charge is 2.01. The topological polar surface area (TPSA) is 63.2 Å². The number of pyridine rings is 1. The van der Waals surface area contributed by atoms with Crippen molar-refractivity contribution in [3.63, 3.8) is 0 Å². The summed E-state index contributed by atoms with van der Waals surface area (Å²) in [6.45, 7) is 1.97. The number of rotatable bonds is 9. The van der Waals surface area contributed by atoms with Gasteiger partial charge < -0.3 is 15.4 Å². The van der Waals surface area contributed by atoms with Crippen LogP contribution in [0.3, 0.4) is 0 Å². The number of hydrogen-bond donors (Lipinski definition) is 2. The molecular formula is C18H23N3O2. The zero-order valence-corrected chi connectivity index (χ0v) is 13.4. The first-order valence-electron chi connectivity index (χ1n) is 7.78. The van der Waals surface area contributed by atoms with Gasteiger partial charge in [-0.05, 0) is 36.2 Å². The first kappa shape index (κ1) is 17.0. The van der Waals surface area contributed by atoms with E-state index in [9.17, 15) is 4.79 Å². The van der Waals surface area contributed by atoms with Crippen molar-refractivity contribution in [2.45, 2.75) is 19.4 Å². The van der Waals surface area contributed by atoms with Gasteiger partial charge in [0.1, 0.15) is 5.75 Å². The molecule has 1 heterocycles. The van der Waals surface area contributed by atoms with Crippen LogP contribution >= 0.6 is 0 Å². The monoisotopic (exact) mass is 313 g/mol. The number of hydrogen-bond acceptors (Lipinski definition) is 4. The molecule has 0 bridgehead atoms. The Hall–Kier alpha value is -2.40. The number of amides is 1. The average Bonchev–Trinajstić information content (AvgIpc) is 2.60. The first-order chi connectivity index (χ1) is 11.3. The number of aromatic nitrogens is 1. The summed E-state index contributed by atoms with van der Waals surface area (Å²) >= 11 is 0. The van der Waals surface area contributed by atoms with Gasteiger partial charge in [0.2, 0.25) is 5.91 Å². The van der Waals surface area contributed by atoms with Crippen LogP contribution in [0.5, 0.6) is 5.75 Å². The predicted octanol–water partition coefficient (Wildman–Crippen LogP) is 1.93. The molecule has 0 saturated carbocycles. The normalized spacial score (nSPS) is 10.3. The van der Waals surface area contributed by atoms with Gasteiger partial charge in [0.15, 0.2) is 0 Å². The summed E-state index contributed by atoms with van der Waals surface area (Å²) in [6.07, 6.45) is 3.05. The molecular weight excluding hydrogens is 290 g/mol. The Morgan fingerprint density at radius 2 is 1.96 bits per heavy atom. The summed E-state index contributed by atoms with van der Waals surface area (Å²) in [5.74, 6) is 0.906. The van der Waals surface area contributed by atoms with Crippen LogP contribution in [0.2, 0.25) is 0 Å². The molecule has 0 fully saturated rings. The Bertz CT molecular complexity index is 585. The van der Waals surface area contributed by atoms with Gasteiger partial charge >= 0.3 is 0 Å². The summed E-state index contributed by atoms with van der Waals surface area (Å²) in [6, 6.07) is 13.7. The third-order valence-corrected chi connectivity index (χ3v) is 3.46. The van der Waals surface area contributed by atoms with Crippen molar-refractivity contribution in [2.24, 2.45) is 0 Å². The maximum atomic E-state index is 11.8. The van der Waals surface area contributed by atoms with Gasteiger partial charge in [0.25, 0.3) is 0 Å². The lowest BCUT2D eigenvalue weighted by molar-refractivity contribution is -0.120. The van der Waals surface area contributed by atoms with Crippen LogP contribution in [-0.4, -0.2) is 31.1 Å². The summed E-state index contributed by atoms with van der Waals surface area (Å²) in [5, 5.41) is 6.15. The van der Waals surface area contributed by atoms with Crippen LogP contribution in [0.25, 0.3) is 0 Å². The van der Waals surface area contributed by atoms with Gasteiger partial charge in [-0.15, -0.1) is 0 Å². The summed E-state index contributed by atoms with van der Waals surface area (Å²) in [7, 11) is 1.65. The van der Waals surface area contributed by atoms with Gasteiger partial charge in [-0.2, -0.15) is 0 Å². The zero-order chi connectivity index (χ0) is 16.3. The van der Waals surface area contributed by atoms with Gasteiger partial charge in [-0.25, -0.2) is 0 Å². The Balaban J connectivity index is 1.56. The molecule has 2 aromatic rings. The second kappa shape index (κ2) is 9.58. The van der Waals surface area contributed by atoms with E-state index in [1.165, 1.54) is 5.56 Å². The molecule has 1 aromatic heterocycles. The molecule has 2 rings (SSSR count). The fourth-order valence-corrected chi connectivity index (χ4v) is 2.15. The number of ether oxygens (including phenoxy) is 1. The van der Waals surface area contributed by atoms with Crippen molar-refractivity contribution in [1.29, 1.82) is 0 Å². The molecule has 0 radical (unpaired) electrons. The molecule has 5 heteroatoms. The van der Waals surface area contributed by atoms with Crippen molar-refractivity contribution in [1.82, 2.24) is 15.6 Å². The molecule has 0 unspecified atom stereocenters. The molecule has 23 heavy (non-hydrogen) atoms. The minimum Gasteiger partial charge on any atom is -0.497 e. The van der Waals surface area contributed by atoms with Gasteiger partial charge in [0.05, 0.1) is 12.8 Å². The lowest BCUT2D eigenvalue weighted by Crippen LogP contribution is -2.29. The fraction of sp³-hybridized carbons (Fsp3) is 0.333. The van der Waals surface area contributed by atoms with Crippen LogP contribution in [0, 0.1) is 0 Å². The largest absolute Gasteiger partial charge is 0.497 e. The van der Waals surface area contributed by atoms with Crippen molar-refractivity contribution < 1.29 is 9.53 Å². The van der Waals surface area contributed by atoms with Gasteiger partial charge in [-0.1, -0.05) is 18.2 Å². The standard InChI is InChI=1S/C18H23N3O2/c1-23-17-7-5-15(6-8-17)9-13-21-18(22)10-12-19-14-16-4-2-3-11-20-16/h2-8,11,19H,9-10,12-14H2,1H3,(H,21,22). The highest BCUT2D eigenvalue weighted by molar-refractivity contribution is 5.76. The van der Waals surface area contributed by atoms with E-state index < -0.39 is 0 Å². The number of nitrogens with zero attached hydrogens (tertiary/aromatic N) is 1.